The molecule has 1 saturated carbocycles. The molecule has 15 heteroatoms. The molecule has 0 aliphatic heterocycles. The Morgan fingerprint density at radius 1 is 0.738 bits per heavy atom. The molecule has 0 aromatic rings. The van der Waals surface area contributed by atoms with Crippen LogP contribution in [0.15, 0.2) is 4.99 Å². The fourth-order valence-electron chi connectivity index (χ4n) is 4.85. The van der Waals surface area contributed by atoms with E-state index in [9.17, 15) is 24.0 Å². The van der Waals surface area contributed by atoms with Crippen LogP contribution in [0.4, 0.5) is 0 Å². The average Bonchev–Trinajstić information content (AvgIpc) is 2.94. The van der Waals surface area contributed by atoms with Crippen molar-refractivity contribution in [2.45, 2.75) is 95.3 Å². The molecule has 240 valence electrons. The van der Waals surface area contributed by atoms with Gasteiger partial charge in [-0.1, -0.05) is 32.1 Å². The number of rotatable bonds is 20. The van der Waals surface area contributed by atoms with E-state index in [-0.39, 0.29) is 24.8 Å². The van der Waals surface area contributed by atoms with Gasteiger partial charge in [0.1, 0.15) is 24.2 Å². The quantitative estimate of drug-likeness (QED) is 0.0544. The molecule has 4 atom stereocenters. The van der Waals surface area contributed by atoms with Crippen molar-refractivity contribution in [3.63, 3.8) is 0 Å². The van der Waals surface area contributed by atoms with Crippen molar-refractivity contribution in [1.82, 2.24) is 21.3 Å². The highest BCUT2D eigenvalue weighted by molar-refractivity contribution is 7.98. The third-order valence-corrected chi connectivity index (χ3v) is 8.37. The Hall–Kier alpha value is -2.68. The molecule has 0 spiro atoms. The molecule has 0 radical (unpaired) electrons. The first-order chi connectivity index (χ1) is 20.0. The van der Waals surface area contributed by atoms with E-state index >= 15 is 0 Å². The van der Waals surface area contributed by atoms with E-state index in [4.69, 9.17) is 17.2 Å². The maximum atomic E-state index is 13.5. The number of thioether (sulfide) groups is 2. The number of nitrogens with one attached hydrogen (secondary N) is 4. The number of hydrogen-bond donors (Lipinski definition) is 7. The lowest BCUT2D eigenvalue weighted by Crippen LogP contribution is -2.58. The van der Waals surface area contributed by atoms with Gasteiger partial charge in [0.25, 0.3) is 0 Å². The lowest BCUT2D eigenvalue weighted by atomic mass is 9.84. The first-order valence-electron chi connectivity index (χ1n) is 14.5. The summed E-state index contributed by atoms with van der Waals surface area (Å²) in [4.78, 5) is 67.9. The molecule has 1 aliphatic rings. The van der Waals surface area contributed by atoms with Crippen molar-refractivity contribution >= 4 is 59.0 Å². The minimum atomic E-state index is -1.01. The fraction of sp³-hybridized carbons (Fsp3) is 0.778. The maximum Gasteiger partial charge on any atom is 0.243 e. The van der Waals surface area contributed by atoms with Gasteiger partial charge in [0, 0.05) is 13.5 Å². The van der Waals surface area contributed by atoms with Gasteiger partial charge in [-0.05, 0) is 62.0 Å². The average molecular weight is 631 g/mol. The van der Waals surface area contributed by atoms with Crippen LogP contribution in [0, 0.1) is 5.92 Å². The Morgan fingerprint density at radius 3 is 1.74 bits per heavy atom. The SMILES string of the molecule is CSCC[C@@H](NC(=O)[C@@H](CCSC)NC(=O)[C@H](CCCN=C(N)N)NC(=O)[C@H](CC1CCCCC1)NC(C)=O)C(N)=O. The van der Waals surface area contributed by atoms with E-state index in [1.807, 2.05) is 12.5 Å². The predicted octanol–water partition coefficient (Wildman–Crippen LogP) is -0.0390. The molecule has 1 rings (SSSR count). The Labute approximate surface area is 257 Å². The van der Waals surface area contributed by atoms with Gasteiger partial charge in [0.2, 0.25) is 29.5 Å². The summed E-state index contributed by atoms with van der Waals surface area (Å²) in [6.07, 6.45) is 10.8. The van der Waals surface area contributed by atoms with Crippen LogP contribution in [0.3, 0.4) is 0 Å². The monoisotopic (exact) mass is 630 g/mol. The number of amides is 5. The molecular formula is C27H50N8O5S2. The molecule has 0 bridgehead atoms. The number of carbonyl (C=O) groups is 5. The Morgan fingerprint density at radius 2 is 1.24 bits per heavy atom. The molecule has 1 fully saturated rings. The number of aliphatic imine (C=N–C) groups is 1. The van der Waals surface area contributed by atoms with Gasteiger partial charge in [-0.2, -0.15) is 23.5 Å². The molecule has 10 N–H and O–H groups in total. The zero-order chi connectivity index (χ0) is 31.5. The van der Waals surface area contributed by atoms with Gasteiger partial charge in [0.15, 0.2) is 5.96 Å². The van der Waals surface area contributed by atoms with Gasteiger partial charge in [-0.25, -0.2) is 0 Å². The second-order valence-corrected chi connectivity index (χ2v) is 12.6. The highest BCUT2D eigenvalue weighted by atomic mass is 32.2. The highest BCUT2D eigenvalue weighted by Crippen LogP contribution is 2.27. The molecule has 13 nitrogen and oxygen atoms in total. The predicted molar refractivity (Wildman–Crippen MR) is 170 cm³/mol. The normalized spacial score (nSPS) is 16.3. The lowest BCUT2D eigenvalue weighted by molar-refractivity contribution is -0.134. The molecule has 0 unspecified atom stereocenters. The van der Waals surface area contributed by atoms with Crippen LogP contribution >= 0.6 is 23.5 Å². The van der Waals surface area contributed by atoms with Gasteiger partial charge in [0.05, 0.1) is 0 Å². The summed E-state index contributed by atoms with van der Waals surface area (Å²) < 4.78 is 0. The van der Waals surface area contributed by atoms with Crippen molar-refractivity contribution < 1.29 is 24.0 Å². The van der Waals surface area contributed by atoms with Gasteiger partial charge >= 0.3 is 0 Å². The molecule has 0 saturated heterocycles. The van der Waals surface area contributed by atoms with E-state index in [2.05, 4.69) is 26.3 Å². The van der Waals surface area contributed by atoms with Crippen molar-refractivity contribution in [2.75, 3.05) is 30.6 Å². The zero-order valence-corrected chi connectivity index (χ0v) is 26.7. The molecular weight excluding hydrogens is 580 g/mol. The van der Waals surface area contributed by atoms with Crippen molar-refractivity contribution in [3.8, 4) is 0 Å². The minimum Gasteiger partial charge on any atom is -0.370 e. The summed E-state index contributed by atoms with van der Waals surface area (Å²) in [5, 5.41) is 11.0. The second-order valence-electron chi connectivity index (χ2n) is 10.6. The summed E-state index contributed by atoms with van der Waals surface area (Å²) >= 11 is 3.02. The van der Waals surface area contributed by atoms with Crippen LogP contribution in [0.25, 0.3) is 0 Å². The summed E-state index contributed by atoms with van der Waals surface area (Å²) in [7, 11) is 0. The highest BCUT2D eigenvalue weighted by Gasteiger charge is 2.31. The number of carbonyl (C=O) groups excluding carboxylic acids is 5. The topological polar surface area (TPSA) is 224 Å². The lowest BCUT2D eigenvalue weighted by Gasteiger charge is -2.28. The van der Waals surface area contributed by atoms with Gasteiger partial charge < -0.3 is 38.5 Å². The van der Waals surface area contributed by atoms with Crippen molar-refractivity contribution in [1.29, 1.82) is 0 Å². The van der Waals surface area contributed by atoms with Crippen LogP contribution in [-0.4, -0.2) is 90.2 Å². The van der Waals surface area contributed by atoms with Crippen LogP contribution in [0.2, 0.25) is 0 Å². The van der Waals surface area contributed by atoms with E-state index in [0.717, 1.165) is 32.1 Å². The molecule has 0 heterocycles. The Bertz CT molecular complexity index is 913. The largest absolute Gasteiger partial charge is 0.370 e. The molecule has 1 aliphatic carbocycles. The molecule has 0 aromatic carbocycles. The van der Waals surface area contributed by atoms with Crippen molar-refractivity contribution in [2.24, 2.45) is 28.1 Å². The van der Waals surface area contributed by atoms with Crippen molar-refractivity contribution in [3.05, 3.63) is 0 Å². The first-order valence-corrected chi connectivity index (χ1v) is 17.3. The molecule has 42 heavy (non-hydrogen) atoms. The van der Waals surface area contributed by atoms with Crippen LogP contribution in [0.5, 0.6) is 0 Å². The Kier molecular flexibility index (Phi) is 18.7. The second kappa shape index (κ2) is 21.1. The summed E-state index contributed by atoms with van der Waals surface area (Å²) in [6.45, 7) is 1.60. The van der Waals surface area contributed by atoms with E-state index in [0.29, 0.717) is 43.1 Å². The minimum absolute atomic E-state index is 0.0856. The van der Waals surface area contributed by atoms with E-state index in [1.54, 1.807) is 0 Å². The number of primary amides is 1. The van der Waals surface area contributed by atoms with Gasteiger partial charge in [-0.3, -0.25) is 29.0 Å². The fourth-order valence-corrected chi connectivity index (χ4v) is 5.79. The summed E-state index contributed by atoms with van der Waals surface area (Å²) in [6, 6.07) is -3.62. The van der Waals surface area contributed by atoms with E-state index in [1.165, 1.54) is 30.4 Å². The maximum absolute atomic E-state index is 13.5. The molecule has 0 aromatic heterocycles. The third-order valence-electron chi connectivity index (χ3n) is 7.08. The summed E-state index contributed by atoms with van der Waals surface area (Å²) in [5.41, 5.74) is 16.3. The zero-order valence-electron chi connectivity index (χ0n) is 25.1. The number of nitrogens with two attached hydrogens (primary N) is 3. The smallest absolute Gasteiger partial charge is 0.243 e. The van der Waals surface area contributed by atoms with Crippen LogP contribution in [0.1, 0.15) is 71.1 Å². The third kappa shape index (κ3) is 15.5. The number of nitrogens with zero attached hydrogens (tertiary/aromatic N) is 1. The number of guanidine groups is 1. The van der Waals surface area contributed by atoms with Crippen LogP contribution in [-0.2, 0) is 24.0 Å². The Balaban J connectivity index is 3.09. The number of hydrogen-bond acceptors (Lipinski definition) is 8. The van der Waals surface area contributed by atoms with Crippen LogP contribution < -0.4 is 38.5 Å². The van der Waals surface area contributed by atoms with Gasteiger partial charge in [-0.15, -0.1) is 0 Å². The molecule has 5 amide bonds. The van der Waals surface area contributed by atoms with E-state index < -0.39 is 47.8 Å². The standard InChI is InChI=1S/C27H50N8O5S2/c1-17(36)32-22(16-18-8-5-4-6-9-18)26(40)34-20(10-7-13-31-27(29)30)24(38)35-21(12-15-42-3)25(39)33-19(23(28)37)11-14-41-2/h18-22H,4-16H2,1-3H3,(H2,28,37)(H,32,36)(H,33,39)(H,34,40)(H,35,38)(H4,29,30,31)/t19-,20+,21-,22+/m1/s1. The summed E-state index contributed by atoms with van der Waals surface area (Å²) in [5.74, 6) is -1.13. The first kappa shape index (κ1) is 37.3.